The molecule has 1 aliphatic heterocycles. The van der Waals surface area contributed by atoms with E-state index in [2.05, 4.69) is 5.32 Å². The second-order valence-electron chi connectivity index (χ2n) is 6.67. The van der Waals surface area contributed by atoms with Gasteiger partial charge in [-0.3, -0.25) is 4.79 Å². The van der Waals surface area contributed by atoms with Crippen LogP contribution >= 0.6 is 0 Å². The molecule has 1 atom stereocenters. The Bertz CT molecular complexity index is 762. The van der Waals surface area contributed by atoms with Crippen molar-refractivity contribution in [2.45, 2.75) is 39.2 Å². The maximum absolute atomic E-state index is 12.2. The summed E-state index contributed by atoms with van der Waals surface area (Å²) in [5.74, 6) is -0.0224. The Morgan fingerprint density at radius 3 is 2.50 bits per heavy atom. The van der Waals surface area contributed by atoms with Crippen molar-refractivity contribution in [1.82, 2.24) is 0 Å². The first-order valence-electron chi connectivity index (χ1n) is 7.52. The topological polar surface area (TPSA) is 49.3 Å². The standard InChI is InChI=1S/C19H21NO2/c1-11-6-5-7-13(8-11)17(21)14-9-12(2)10-15-16(14)20-18(22)19(15,3)4/h5-10,17,21H,1-4H3,(H,20,22). The van der Waals surface area contributed by atoms with Crippen LogP contribution in [0.25, 0.3) is 0 Å². The maximum Gasteiger partial charge on any atom is 0.234 e. The van der Waals surface area contributed by atoms with Gasteiger partial charge in [-0.15, -0.1) is 0 Å². The number of hydrogen-bond acceptors (Lipinski definition) is 2. The summed E-state index contributed by atoms with van der Waals surface area (Å²) in [6.45, 7) is 7.82. The molecule has 1 amide bonds. The van der Waals surface area contributed by atoms with E-state index in [4.69, 9.17) is 0 Å². The van der Waals surface area contributed by atoms with Gasteiger partial charge < -0.3 is 10.4 Å². The molecule has 3 nitrogen and oxygen atoms in total. The van der Waals surface area contributed by atoms with E-state index in [9.17, 15) is 9.90 Å². The van der Waals surface area contributed by atoms with Crippen LogP contribution in [0.1, 0.15) is 47.8 Å². The molecule has 3 rings (SSSR count). The van der Waals surface area contributed by atoms with E-state index < -0.39 is 11.5 Å². The highest BCUT2D eigenvalue weighted by molar-refractivity contribution is 6.06. The first kappa shape index (κ1) is 14.8. The van der Waals surface area contributed by atoms with E-state index >= 15 is 0 Å². The van der Waals surface area contributed by atoms with E-state index in [0.717, 1.165) is 33.5 Å². The summed E-state index contributed by atoms with van der Waals surface area (Å²) >= 11 is 0. The molecule has 1 unspecified atom stereocenters. The van der Waals surface area contributed by atoms with Crippen molar-refractivity contribution in [3.63, 3.8) is 0 Å². The molecule has 2 N–H and O–H groups in total. The van der Waals surface area contributed by atoms with Crippen molar-refractivity contribution in [1.29, 1.82) is 0 Å². The van der Waals surface area contributed by atoms with Gasteiger partial charge in [0.05, 0.1) is 11.1 Å². The number of nitrogens with one attached hydrogen (secondary N) is 1. The third-order valence-corrected chi connectivity index (χ3v) is 4.45. The van der Waals surface area contributed by atoms with Crippen LogP contribution in [-0.4, -0.2) is 11.0 Å². The first-order valence-corrected chi connectivity index (χ1v) is 7.52. The summed E-state index contributed by atoms with van der Waals surface area (Å²) in [4.78, 5) is 12.2. The van der Waals surface area contributed by atoms with Crippen molar-refractivity contribution < 1.29 is 9.90 Å². The number of fused-ring (bicyclic) bond motifs is 1. The van der Waals surface area contributed by atoms with E-state index in [1.165, 1.54) is 0 Å². The molecule has 2 aromatic carbocycles. The molecule has 0 fully saturated rings. The summed E-state index contributed by atoms with van der Waals surface area (Å²) < 4.78 is 0. The van der Waals surface area contributed by atoms with Gasteiger partial charge in [-0.05, 0) is 38.8 Å². The monoisotopic (exact) mass is 295 g/mol. The van der Waals surface area contributed by atoms with Gasteiger partial charge >= 0.3 is 0 Å². The minimum absolute atomic E-state index is 0.0224. The minimum atomic E-state index is -0.747. The van der Waals surface area contributed by atoms with Gasteiger partial charge in [0.25, 0.3) is 0 Å². The molecule has 0 aromatic heterocycles. The van der Waals surface area contributed by atoms with Crippen LogP contribution < -0.4 is 5.32 Å². The van der Waals surface area contributed by atoms with Crippen molar-refractivity contribution in [2.24, 2.45) is 0 Å². The lowest BCUT2D eigenvalue weighted by Crippen LogP contribution is -2.26. The summed E-state index contributed by atoms with van der Waals surface area (Å²) in [6.07, 6.45) is -0.747. The van der Waals surface area contributed by atoms with Crippen molar-refractivity contribution >= 4 is 11.6 Å². The lowest BCUT2D eigenvalue weighted by molar-refractivity contribution is -0.119. The third kappa shape index (κ3) is 2.22. The van der Waals surface area contributed by atoms with Crippen LogP contribution in [0, 0.1) is 13.8 Å². The highest BCUT2D eigenvalue weighted by Gasteiger charge is 2.40. The number of amides is 1. The van der Waals surface area contributed by atoms with Crippen LogP contribution in [0.5, 0.6) is 0 Å². The van der Waals surface area contributed by atoms with Gasteiger partial charge in [0.15, 0.2) is 0 Å². The average Bonchev–Trinajstić information content (AvgIpc) is 2.69. The van der Waals surface area contributed by atoms with Gasteiger partial charge in [-0.1, -0.05) is 47.5 Å². The number of aryl methyl sites for hydroxylation is 2. The van der Waals surface area contributed by atoms with E-state index in [0.29, 0.717) is 0 Å². The van der Waals surface area contributed by atoms with Crippen LogP contribution in [0.2, 0.25) is 0 Å². The Morgan fingerprint density at radius 2 is 1.82 bits per heavy atom. The quantitative estimate of drug-likeness (QED) is 0.889. The number of carbonyl (C=O) groups excluding carboxylic acids is 1. The molecule has 22 heavy (non-hydrogen) atoms. The maximum atomic E-state index is 12.2. The summed E-state index contributed by atoms with van der Waals surface area (Å²) in [6, 6.07) is 11.8. The second-order valence-corrected chi connectivity index (χ2v) is 6.67. The molecule has 114 valence electrons. The van der Waals surface area contributed by atoms with E-state index in [1.54, 1.807) is 0 Å². The highest BCUT2D eigenvalue weighted by Crippen LogP contribution is 2.43. The number of aliphatic hydroxyl groups excluding tert-OH is 1. The Balaban J connectivity index is 2.15. The number of aliphatic hydroxyl groups is 1. The van der Waals surface area contributed by atoms with Gasteiger partial charge in [0, 0.05) is 5.56 Å². The summed E-state index contributed by atoms with van der Waals surface area (Å²) in [5.41, 5.74) is 4.90. The first-order chi connectivity index (χ1) is 10.3. The number of anilines is 1. The molecule has 1 aliphatic rings. The molecule has 0 bridgehead atoms. The fourth-order valence-corrected chi connectivity index (χ4v) is 3.07. The van der Waals surface area contributed by atoms with Crippen molar-refractivity contribution in [3.05, 3.63) is 64.2 Å². The lowest BCUT2D eigenvalue weighted by Gasteiger charge is -2.19. The largest absolute Gasteiger partial charge is 0.384 e. The summed E-state index contributed by atoms with van der Waals surface area (Å²) in [7, 11) is 0. The van der Waals surface area contributed by atoms with Crippen molar-refractivity contribution in [3.8, 4) is 0 Å². The molecule has 3 heteroatoms. The fraction of sp³-hybridized carbons (Fsp3) is 0.316. The second kappa shape index (κ2) is 4.96. The SMILES string of the molecule is Cc1cccc(C(O)c2cc(C)cc3c2NC(=O)C3(C)C)c1. The molecule has 0 aliphatic carbocycles. The zero-order chi connectivity index (χ0) is 16.1. The van der Waals surface area contributed by atoms with Gasteiger partial charge in [0.2, 0.25) is 5.91 Å². The predicted molar refractivity (Wildman–Crippen MR) is 88.1 cm³/mol. The molecule has 1 heterocycles. The molecule has 0 saturated carbocycles. The minimum Gasteiger partial charge on any atom is -0.384 e. The van der Waals surface area contributed by atoms with Gasteiger partial charge in [-0.25, -0.2) is 0 Å². The fourth-order valence-electron chi connectivity index (χ4n) is 3.07. The number of benzene rings is 2. The lowest BCUT2D eigenvalue weighted by atomic mass is 9.83. The number of hydrogen-bond donors (Lipinski definition) is 2. The Morgan fingerprint density at radius 1 is 1.09 bits per heavy atom. The Labute approximate surface area is 131 Å². The predicted octanol–water partition coefficient (Wildman–Crippen LogP) is 3.61. The van der Waals surface area contributed by atoms with E-state index in [-0.39, 0.29) is 5.91 Å². The zero-order valence-corrected chi connectivity index (χ0v) is 13.4. The third-order valence-electron chi connectivity index (χ3n) is 4.45. The van der Waals surface area contributed by atoms with Gasteiger partial charge in [0.1, 0.15) is 6.10 Å². The van der Waals surface area contributed by atoms with Crippen LogP contribution in [0.3, 0.4) is 0 Å². The molecular formula is C19H21NO2. The van der Waals surface area contributed by atoms with Crippen LogP contribution in [0.4, 0.5) is 5.69 Å². The highest BCUT2D eigenvalue weighted by atomic mass is 16.3. The molecular weight excluding hydrogens is 274 g/mol. The normalized spacial score (nSPS) is 17.0. The van der Waals surface area contributed by atoms with Gasteiger partial charge in [-0.2, -0.15) is 0 Å². The number of rotatable bonds is 2. The van der Waals surface area contributed by atoms with Crippen LogP contribution in [0.15, 0.2) is 36.4 Å². The molecule has 0 saturated heterocycles. The summed E-state index contributed by atoms with van der Waals surface area (Å²) in [5, 5.41) is 13.8. The molecule has 2 aromatic rings. The smallest absolute Gasteiger partial charge is 0.234 e. The molecule has 0 spiro atoms. The van der Waals surface area contributed by atoms with E-state index in [1.807, 2.05) is 64.1 Å². The zero-order valence-electron chi connectivity index (χ0n) is 13.4. The van der Waals surface area contributed by atoms with Crippen molar-refractivity contribution in [2.75, 3.05) is 5.32 Å². The average molecular weight is 295 g/mol. The molecule has 0 radical (unpaired) electrons. The number of carbonyl (C=O) groups is 1. The van der Waals surface area contributed by atoms with Crippen LogP contribution in [-0.2, 0) is 10.2 Å². The Kier molecular flexibility index (Phi) is 3.33. The Hall–Kier alpha value is -2.13.